The van der Waals surface area contributed by atoms with E-state index in [0.29, 0.717) is 17.3 Å². The smallest absolute Gasteiger partial charge is 0.269 e. The minimum absolute atomic E-state index is 0.0528. The van der Waals surface area contributed by atoms with Crippen LogP contribution in [0.25, 0.3) is 0 Å². The standard InChI is InChI=1S/C14H17ClN6O2S/c1-3-4-7-21-19-13(18-20-21)17-14(24)16-12(22)10-8-9(15)5-6-11(10)23-2/h5-6,8H,3-4,7H2,1-2H3,(H2,16,17,19,22,24). The van der Waals surface area contributed by atoms with E-state index < -0.39 is 5.91 Å². The van der Waals surface area contributed by atoms with E-state index in [1.54, 1.807) is 12.1 Å². The molecule has 0 unspecified atom stereocenters. The van der Waals surface area contributed by atoms with Gasteiger partial charge in [0, 0.05) is 5.02 Å². The van der Waals surface area contributed by atoms with E-state index in [9.17, 15) is 4.79 Å². The molecule has 24 heavy (non-hydrogen) atoms. The Morgan fingerprint density at radius 1 is 1.46 bits per heavy atom. The fourth-order valence-electron chi connectivity index (χ4n) is 1.85. The van der Waals surface area contributed by atoms with Crippen molar-refractivity contribution in [3.05, 3.63) is 28.8 Å². The van der Waals surface area contributed by atoms with Gasteiger partial charge in [0.2, 0.25) is 0 Å². The fraction of sp³-hybridized carbons (Fsp3) is 0.357. The minimum atomic E-state index is -0.453. The molecule has 0 bridgehead atoms. The number of ether oxygens (including phenoxy) is 1. The molecular formula is C14H17ClN6O2S. The fourth-order valence-corrected chi connectivity index (χ4v) is 2.20. The molecule has 0 saturated carbocycles. The predicted octanol–water partition coefficient (Wildman–Crippen LogP) is 2.26. The van der Waals surface area contributed by atoms with Gasteiger partial charge < -0.3 is 4.74 Å². The molecule has 0 fully saturated rings. The zero-order valence-corrected chi connectivity index (χ0v) is 14.8. The van der Waals surface area contributed by atoms with Crippen LogP contribution in [0.15, 0.2) is 18.2 Å². The number of carbonyl (C=O) groups excluding carboxylic acids is 1. The molecule has 0 aliphatic rings. The van der Waals surface area contributed by atoms with Gasteiger partial charge in [-0.15, -0.1) is 5.10 Å². The van der Waals surface area contributed by atoms with Crippen LogP contribution in [-0.2, 0) is 6.54 Å². The van der Waals surface area contributed by atoms with Crippen LogP contribution in [0.4, 0.5) is 5.95 Å². The van der Waals surface area contributed by atoms with E-state index in [0.717, 1.165) is 12.8 Å². The van der Waals surface area contributed by atoms with Crippen molar-refractivity contribution >= 4 is 40.8 Å². The van der Waals surface area contributed by atoms with Crippen molar-refractivity contribution in [2.45, 2.75) is 26.3 Å². The number of hydrogen-bond acceptors (Lipinski definition) is 6. The number of nitrogens with one attached hydrogen (secondary N) is 2. The first-order valence-corrected chi connectivity index (χ1v) is 8.05. The highest BCUT2D eigenvalue weighted by molar-refractivity contribution is 7.80. The van der Waals surface area contributed by atoms with Crippen molar-refractivity contribution in [1.82, 2.24) is 25.5 Å². The highest BCUT2D eigenvalue weighted by atomic mass is 35.5. The second kappa shape index (κ2) is 8.55. The van der Waals surface area contributed by atoms with E-state index in [2.05, 4.69) is 33.0 Å². The molecule has 1 aromatic carbocycles. The molecule has 0 saturated heterocycles. The van der Waals surface area contributed by atoms with Crippen LogP contribution in [0, 0.1) is 0 Å². The lowest BCUT2D eigenvalue weighted by atomic mass is 10.2. The molecule has 0 spiro atoms. The van der Waals surface area contributed by atoms with Crippen molar-refractivity contribution in [3.8, 4) is 5.75 Å². The first-order chi connectivity index (χ1) is 11.5. The Kier molecular flexibility index (Phi) is 6.44. The van der Waals surface area contributed by atoms with Gasteiger partial charge in [0.1, 0.15) is 5.75 Å². The number of rotatable bonds is 6. The quantitative estimate of drug-likeness (QED) is 0.755. The number of nitrogens with zero attached hydrogens (tertiary/aromatic N) is 4. The molecule has 0 aliphatic heterocycles. The molecule has 2 N–H and O–H groups in total. The third-order valence-corrected chi connectivity index (χ3v) is 3.46. The number of tetrazole rings is 1. The molecule has 0 radical (unpaired) electrons. The van der Waals surface area contributed by atoms with Crippen LogP contribution >= 0.6 is 23.8 Å². The first-order valence-electron chi connectivity index (χ1n) is 7.27. The number of aromatic nitrogens is 4. The van der Waals surface area contributed by atoms with Crippen molar-refractivity contribution < 1.29 is 9.53 Å². The maximum Gasteiger partial charge on any atom is 0.269 e. The number of aryl methyl sites for hydroxylation is 1. The highest BCUT2D eigenvalue weighted by Crippen LogP contribution is 2.22. The van der Waals surface area contributed by atoms with E-state index in [-0.39, 0.29) is 16.6 Å². The lowest BCUT2D eigenvalue weighted by Gasteiger charge is -2.10. The van der Waals surface area contributed by atoms with Gasteiger partial charge in [-0.25, -0.2) is 0 Å². The number of carbonyl (C=O) groups is 1. The summed E-state index contributed by atoms with van der Waals surface area (Å²) in [7, 11) is 1.47. The second-order valence-corrected chi connectivity index (χ2v) is 5.66. The Hall–Kier alpha value is -2.26. The number of benzene rings is 1. The summed E-state index contributed by atoms with van der Waals surface area (Å²) in [5.41, 5.74) is 0.272. The van der Waals surface area contributed by atoms with Crippen LogP contribution in [0.1, 0.15) is 30.1 Å². The summed E-state index contributed by atoms with van der Waals surface area (Å²) >= 11 is 11.0. The van der Waals surface area contributed by atoms with Gasteiger partial charge in [-0.3, -0.25) is 15.4 Å². The van der Waals surface area contributed by atoms with Crippen LogP contribution in [0.3, 0.4) is 0 Å². The Morgan fingerprint density at radius 3 is 2.96 bits per heavy atom. The van der Waals surface area contributed by atoms with Crippen LogP contribution in [0.2, 0.25) is 5.02 Å². The van der Waals surface area contributed by atoms with E-state index in [4.69, 9.17) is 28.6 Å². The van der Waals surface area contributed by atoms with Crippen molar-refractivity contribution in [2.75, 3.05) is 12.4 Å². The molecule has 10 heteroatoms. The maximum absolute atomic E-state index is 12.3. The Bertz CT molecular complexity index is 736. The van der Waals surface area contributed by atoms with Gasteiger partial charge in [-0.05, 0) is 42.1 Å². The van der Waals surface area contributed by atoms with Crippen molar-refractivity contribution in [3.63, 3.8) is 0 Å². The molecule has 8 nitrogen and oxygen atoms in total. The number of thiocarbonyl (C=S) groups is 1. The normalized spacial score (nSPS) is 10.3. The SMILES string of the molecule is CCCCn1nnc(NC(=S)NC(=O)c2cc(Cl)ccc2OC)n1. The third kappa shape index (κ3) is 4.87. The van der Waals surface area contributed by atoms with Gasteiger partial charge in [0.25, 0.3) is 11.9 Å². The molecule has 0 aliphatic carbocycles. The summed E-state index contributed by atoms with van der Waals surface area (Å²) in [5.74, 6) is 0.156. The van der Waals surface area contributed by atoms with Gasteiger partial charge in [-0.1, -0.05) is 30.0 Å². The maximum atomic E-state index is 12.3. The predicted molar refractivity (Wildman–Crippen MR) is 94.4 cm³/mol. The monoisotopic (exact) mass is 368 g/mol. The van der Waals surface area contributed by atoms with Gasteiger partial charge in [0.05, 0.1) is 19.2 Å². The second-order valence-electron chi connectivity index (χ2n) is 4.82. The largest absolute Gasteiger partial charge is 0.496 e. The molecule has 2 aromatic rings. The van der Waals surface area contributed by atoms with Gasteiger partial charge in [0.15, 0.2) is 5.11 Å². The summed E-state index contributed by atoms with van der Waals surface area (Å²) in [6, 6.07) is 4.73. The molecule has 2 rings (SSSR count). The van der Waals surface area contributed by atoms with Gasteiger partial charge >= 0.3 is 0 Å². The van der Waals surface area contributed by atoms with Gasteiger partial charge in [-0.2, -0.15) is 4.80 Å². The summed E-state index contributed by atoms with van der Waals surface area (Å²) in [6.07, 6.45) is 1.98. The summed E-state index contributed by atoms with van der Waals surface area (Å²) < 4.78 is 5.14. The topological polar surface area (TPSA) is 94.0 Å². The molecule has 1 aromatic heterocycles. The number of hydrogen-bond donors (Lipinski definition) is 2. The van der Waals surface area contributed by atoms with E-state index >= 15 is 0 Å². The molecular weight excluding hydrogens is 352 g/mol. The van der Waals surface area contributed by atoms with Crippen LogP contribution in [0.5, 0.6) is 5.75 Å². The zero-order chi connectivity index (χ0) is 17.5. The third-order valence-electron chi connectivity index (χ3n) is 3.02. The number of anilines is 1. The highest BCUT2D eigenvalue weighted by Gasteiger charge is 2.15. The number of halogens is 1. The lowest BCUT2D eigenvalue weighted by Crippen LogP contribution is -2.34. The Labute approximate surface area is 149 Å². The Morgan fingerprint density at radius 2 is 2.25 bits per heavy atom. The number of unbranched alkanes of at least 4 members (excludes halogenated alkanes) is 1. The number of amides is 1. The van der Waals surface area contributed by atoms with E-state index in [1.165, 1.54) is 18.0 Å². The number of methoxy groups -OCH3 is 1. The first kappa shape index (κ1) is 18.1. The van der Waals surface area contributed by atoms with E-state index in [1.807, 2.05) is 0 Å². The summed E-state index contributed by atoms with van der Waals surface area (Å²) in [6.45, 7) is 2.74. The van der Waals surface area contributed by atoms with Crippen LogP contribution < -0.4 is 15.4 Å². The van der Waals surface area contributed by atoms with Crippen molar-refractivity contribution in [2.24, 2.45) is 0 Å². The minimum Gasteiger partial charge on any atom is -0.496 e. The zero-order valence-electron chi connectivity index (χ0n) is 13.2. The molecule has 128 valence electrons. The average Bonchev–Trinajstić information content (AvgIpc) is 2.99. The molecule has 0 atom stereocenters. The Balaban J connectivity index is 1.98. The molecule has 1 heterocycles. The van der Waals surface area contributed by atoms with Crippen LogP contribution in [-0.4, -0.2) is 38.3 Å². The summed E-state index contributed by atoms with van der Waals surface area (Å²) in [5, 5.41) is 17.5. The molecule has 1 amide bonds. The summed E-state index contributed by atoms with van der Waals surface area (Å²) in [4.78, 5) is 13.8. The average molecular weight is 369 g/mol. The lowest BCUT2D eigenvalue weighted by molar-refractivity contribution is 0.0975. The van der Waals surface area contributed by atoms with Crippen molar-refractivity contribution in [1.29, 1.82) is 0 Å².